The first kappa shape index (κ1) is 16.9. The van der Waals surface area contributed by atoms with E-state index in [9.17, 15) is 0 Å². The van der Waals surface area contributed by atoms with E-state index in [2.05, 4.69) is 60.7 Å². The van der Waals surface area contributed by atoms with Gasteiger partial charge in [0.1, 0.15) is 5.75 Å². The highest BCUT2D eigenvalue weighted by atomic mass is 16.5. The molecule has 1 aliphatic rings. The van der Waals surface area contributed by atoms with Crippen molar-refractivity contribution in [2.45, 2.75) is 38.5 Å². The zero-order chi connectivity index (χ0) is 17.8. The lowest BCUT2D eigenvalue weighted by Gasteiger charge is -2.16. The molecule has 0 aromatic heterocycles. The lowest BCUT2D eigenvalue weighted by Crippen LogP contribution is -1.96. The van der Waals surface area contributed by atoms with Gasteiger partial charge in [-0.1, -0.05) is 66.6 Å². The lowest BCUT2D eigenvalue weighted by atomic mass is 9.89. The first-order chi connectivity index (χ1) is 12.8. The second kappa shape index (κ2) is 7.78. The fraction of sp³-hybridized carbons (Fsp3) is 0.280. The van der Waals surface area contributed by atoms with E-state index >= 15 is 0 Å². The van der Waals surface area contributed by atoms with Crippen LogP contribution >= 0.6 is 0 Å². The number of methoxy groups -OCH3 is 1. The molecule has 0 radical (unpaired) electrons. The average Bonchev–Trinajstić information content (AvgIpc) is 2.97. The fourth-order valence-electron chi connectivity index (χ4n) is 4.06. The number of rotatable bonds is 4. The molecule has 132 valence electrons. The molecule has 1 nitrogen and oxygen atoms in total. The van der Waals surface area contributed by atoms with Crippen molar-refractivity contribution in [3.8, 4) is 16.9 Å². The summed E-state index contributed by atoms with van der Waals surface area (Å²) in [4.78, 5) is 0. The number of allylic oxidation sites excluding steroid dienone is 2. The van der Waals surface area contributed by atoms with Crippen LogP contribution < -0.4 is 4.74 Å². The van der Waals surface area contributed by atoms with Crippen molar-refractivity contribution in [1.82, 2.24) is 0 Å². The van der Waals surface area contributed by atoms with Crippen molar-refractivity contribution in [1.29, 1.82) is 0 Å². The smallest absolute Gasteiger partial charge is 0.119 e. The van der Waals surface area contributed by atoms with Gasteiger partial charge in [-0.3, -0.25) is 0 Å². The Kier molecular flexibility index (Phi) is 5.06. The van der Waals surface area contributed by atoms with Crippen LogP contribution in [0.3, 0.4) is 0 Å². The highest BCUT2D eigenvalue weighted by Crippen LogP contribution is 2.35. The maximum atomic E-state index is 5.46. The van der Waals surface area contributed by atoms with Crippen LogP contribution in [0.1, 0.15) is 37.7 Å². The molecule has 0 heterocycles. The van der Waals surface area contributed by atoms with E-state index in [-0.39, 0.29) is 0 Å². The summed E-state index contributed by atoms with van der Waals surface area (Å²) in [6.45, 7) is 0. The van der Waals surface area contributed by atoms with E-state index in [0.717, 1.165) is 12.2 Å². The monoisotopic (exact) mass is 342 g/mol. The molecule has 0 saturated carbocycles. The summed E-state index contributed by atoms with van der Waals surface area (Å²) in [5.41, 5.74) is 5.61. The first-order valence-corrected chi connectivity index (χ1v) is 9.68. The third kappa shape index (κ3) is 3.53. The maximum Gasteiger partial charge on any atom is 0.119 e. The van der Waals surface area contributed by atoms with Crippen molar-refractivity contribution >= 4 is 10.8 Å². The van der Waals surface area contributed by atoms with Gasteiger partial charge >= 0.3 is 0 Å². The van der Waals surface area contributed by atoms with Gasteiger partial charge in [-0.15, -0.1) is 0 Å². The van der Waals surface area contributed by atoms with Crippen molar-refractivity contribution in [2.24, 2.45) is 0 Å². The van der Waals surface area contributed by atoms with Gasteiger partial charge in [-0.05, 0) is 71.7 Å². The van der Waals surface area contributed by atoms with Crippen molar-refractivity contribution in [3.05, 3.63) is 77.9 Å². The van der Waals surface area contributed by atoms with Gasteiger partial charge in [-0.25, -0.2) is 0 Å². The zero-order valence-corrected chi connectivity index (χ0v) is 15.5. The average molecular weight is 342 g/mol. The van der Waals surface area contributed by atoms with Crippen molar-refractivity contribution < 1.29 is 4.74 Å². The summed E-state index contributed by atoms with van der Waals surface area (Å²) in [7, 11) is 1.73. The minimum atomic E-state index is 0.912. The Morgan fingerprint density at radius 1 is 0.885 bits per heavy atom. The Hall–Kier alpha value is -2.54. The van der Waals surface area contributed by atoms with Crippen molar-refractivity contribution in [3.63, 3.8) is 0 Å². The van der Waals surface area contributed by atoms with Gasteiger partial charge in [0.2, 0.25) is 0 Å². The molecule has 3 aromatic carbocycles. The number of fused-ring (bicyclic) bond motifs is 1. The predicted octanol–water partition coefficient (Wildman–Crippen LogP) is 6.95. The molecule has 0 amide bonds. The number of ether oxygens (including phenoxy) is 1. The molecule has 1 aliphatic carbocycles. The molecule has 0 saturated heterocycles. The molecule has 0 atom stereocenters. The fourth-order valence-corrected chi connectivity index (χ4v) is 4.06. The number of benzene rings is 3. The third-order valence-electron chi connectivity index (χ3n) is 5.46. The number of hydrogen-bond donors (Lipinski definition) is 0. The molecule has 4 rings (SSSR count). The Bertz CT molecular complexity index is 936. The third-order valence-corrected chi connectivity index (χ3v) is 5.46. The molecule has 1 heteroatoms. The minimum Gasteiger partial charge on any atom is -0.497 e. The predicted molar refractivity (Wildman–Crippen MR) is 111 cm³/mol. The van der Waals surface area contributed by atoms with Gasteiger partial charge < -0.3 is 4.74 Å². The SMILES string of the molecule is COc1cccc(-c2ccc3ccccc3c2CC2=CCCCCC2)c1. The molecule has 0 bridgehead atoms. The van der Waals surface area contributed by atoms with Crippen LogP contribution in [0.15, 0.2) is 72.3 Å². The van der Waals surface area contributed by atoms with E-state index in [1.165, 1.54) is 59.6 Å². The summed E-state index contributed by atoms with van der Waals surface area (Å²) in [6.07, 6.45) is 10.0. The summed E-state index contributed by atoms with van der Waals surface area (Å²) < 4.78 is 5.46. The van der Waals surface area contributed by atoms with Crippen LogP contribution in [-0.2, 0) is 6.42 Å². The Balaban J connectivity index is 1.85. The van der Waals surface area contributed by atoms with Crippen LogP contribution in [0.5, 0.6) is 5.75 Å². The van der Waals surface area contributed by atoms with E-state index < -0.39 is 0 Å². The molecule has 0 fully saturated rings. The highest BCUT2D eigenvalue weighted by Gasteiger charge is 2.13. The lowest BCUT2D eigenvalue weighted by molar-refractivity contribution is 0.415. The molecule has 0 unspecified atom stereocenters. The maximum absolute atomic E-state index is 5.46. The minimum absolute atomic E-state index is 0.912. The van der Waals surface area contributed by atoms with Crippen molar-refractivity contribution in [2.75, 3.05) is 7.11 Å². The summed E-state index contributed by atoms with van der Waals surface area (Å²) in [6, 6.07) is 21.7. The topological polar surface area (TPSA) is 9.23 Å². The van der Waals surface area contributed by atoms with Gasteiger partial charge in [0.25, 0.3) is 0 Å². The van der Waals surface area contributed by atoms with Crippen LogP contribution in [0, 0.1) is 0 Å². The molecule has 0 spiro atoms. The Morgan fingerprint density at radius 3 is 2.73 bits per heavy atom. The zero-order valence-electron chi connectivity index (χ0n) is 15.5. The molecular formula is C25H26O. The van der Waals surface area contributed by atoms with E-state index in [4.69, 9.17) is 4.74 Å². The van der Waals surface area contributed by atoms with Crippen LogP contribution in [-0.4, -0.2) is 7.11 Å². The van der Waals surface area contributed by atoms with Gasteiger partial charge in [0.05, 0.1) is 7.11 Å². The Morgan fingerprint density at radius 2 is 1.81 bits per heavy atom. The second-order valence-electron chi connectivity index (χ2n) is 7.18. The summed E-state index contributed by atoms with van der Waals surface area (Å²) >= 11 is 0. The molecule has 3 aromatic rings. The summed E-state index contributed by atoms with van der Waals surface area (Å²) in [5, 5.41) is 2.70. The quantitative estimate of drug-likeness (QED) is 0.466. The summed E-state index contributed by atoms with van der Waals surface area (Å²) in [5.74, 6) is 0.912. The standard InChI is InChI=1S/C25H26O/c1-26-22-13-8-12-21(18-22)24-16-15-20-11-6-7-14-23(20)25(24)17-19-9-4-2-3-5-10-19/h6-9,11-16,18H,2-5,10,17H2,1H3. The largest absolute Gasteiger partial charge is 0.497 e. The Labute approximate surface area is 156 Å². The van der Waals surface area contributed by atoms with Gasteiger partial charge in [-0.2, -0.15) is 0 Å². The molecule has 0 aliphatic heterocycles. The van der Waals surface area contributed by atoms with E-state index in [1.54, 1.807) is 12.7 Å². The number of hydrogen-bond acceptors (Lipinski definition) is 1. The van der Waals surface area contributed by atoms with E-state index in [0.29, 0.717) is 0 Å². The van der Waals surface area contributed by atoms with Crippen LogP contribution in [0.25, 0.3) is 21.9 Å². The van der Waals surface area contributed by atoms with Crippen LogP contribution in [0.2, 0.25) is 0 Å². The van der Waals surface area contributed by atoms with Gasteiger partial charge in [0, 0.05) is 0 Å². The molecule has 26 heavy (non-hydrogen) atoms. The normalized spacial score (nSPS) is 14.7. The second-order valence-corrected chi connectivity index (χ2v) is 7.18. The van der Waals surface area contributed by atoms with E-state index in [1.807, 2.05) is 6.07 Å². The molecular weight excluding hydrogens is 316 g/mol. The molecule has 0 N–H and O–H groups in total. The highest BCUT2D eigenvalue weighted by molar-refractivity contribution is 5.92. The van der Waals surface area contributed by atoms with Crippen LogP contribution in [0.4, 0.5) is 0 Å². The van der Waals surface area contributed by atoms with Gasteiger partial charge in [0.15, 0.2) is 0 Å². The first-order valence-electron chi connectivity index (χ1n) is 9.68.